The molecule has 0 radical (unpaired) electrons. The molecular weight excluding hydrogens is 515 g/mol. The summed E-state index contributed by atoms with van der Waals surface area (Å²) in [4.78, 5) is 33.1. The topological polar surface area (TPSA) is 43.9 Å². The standard InChI is InChI=1S/C32H38F3N3O2/c1-7-13-31(14-8-2)20-27-28(26-12-10-9-11-22(26)4)38(16-15-37(27)29(31)39)30(40)36(6)23(5)24-17-21(3)18-25(19-24)32(33,34)35/h7-12,17-19,23,27-28H,1-2,13-16,20H2,3-6H3/t23-,27-,28-/m0/s1. The SMILES string of the molecule is C=CCC1(CC=C)C[C@H]2[C@H](c3ccccc3C)N(C(=O)N(C)[C@@H](C)c3cc(C)cc(C(F)(F)F)c3)CCN2C1=O. The van der Waals surface area contributed by atoms with Gasteiger partial charge in [0, 0.05) is 20.1 Å². The maximum Gasteiger partial charge on any atom is 0.416 e. The van der Waals surface area contributed by atoms with Crippen LogP contribution in [0.15, 0.2) is 67.8 Å². The maximum absolute atomic E-state index is 14.2. The van der Waals surface area contributed by atoms with Crippen LogP contribution in [-0.2, 0) is 11.0 Å². The molecule has 0 spiro atoms. The van der Waals surface area contributed by atoms with Gasteiger partial charge in [0.05, 0.1) is 29.1 Å². The zero-order chi connectivity index (χ0) is 29.4. The van der Waals surface area contributed by atoms with Gasteiger partial charge in [0.15, 0.2) is 0 Å². The van der Waals surface area contributed by atoms with E-state index < -0.39 is 29.2 Å². The molecule has 2 fully saturated rings. The number of hydrogen-bond donors (Lipinski definition) is 0. The first-order valence-electron chi connectivity index (χ1n) is 13.6. The van der Waals surface area contributed by atoms with E-state index in [-0.39, 0.29) is 18.0 Å². The second-order valence-corrected chi connectivity index (χ2v) is 11.2. The third-order valence-corrected chi connectivity index (χ3v) is 8.61. The minimum absolute atomic E-state index is 0.0594. The van der Waals surface area contributed by atoms with Crippen LogP contribution in [-0.4, -0.2) is 52.8 Å². The van der Waals surface area contributed by atoms with Crippen LogP contribution in [0, 0.1) is 19.3 Å². The summed E-state index contributed by atoms with van der Waals surface area (Å²) < 4.78 is 40.6. The molecular formula is C32H38F3N3O2. The van der Waals surface area contributed by atoms with Crippen LogP contribution in [0.25, 0.3) is 0 Å². The number of alkyl halides is 3. The maximum atomic E-state index is 14.2. The fourth-order valence-corrected chi connectivity index (χ4v) is 6.46. The van der Waals surface area contributed by atoms with E-state index >= 15 is 0 Å². The fraction of sp³-hybridized carbons (Fsp3) is 0.438. The van der Waals surface area contributed by atoms with Gasteiger partial charge in [0.25, 0.3) is 0 Å². The molecule has 2 heterocycles. The summed E-state index contributed by atoms with van der Waals surface area (Å²) >= 11 is 0. The fourth-order valence-electron chi connectivity index (χ4n) is 6.46. The smallest absolute Gasteiger partial charge is 0.335 e. The average molecular weight is 554 g/mol. The highest BCUT2D eigenvalue weighted by Gasteiger charge is 2.56. The number of nitrogens with zero attached hydrogens (tertiary/aromatic N) is 3. The lowest BCUT2D eigenvalue weighted by molar-refractivity contribution is -0.139. The molecule has 40 heavy (non-hydrogen) atoms. The summed E-state index contributed by atoms with van der Waals surface area (Å²) in [7, 11) is 1.63. The van der Waals surface area contributed by atoms with Crippen molar-refractivity contribution < 1.29 is 22.8 Å². The minimum atomic E-state index is -4.48. The zero-order valence-corrected chi connectivity index (χ0v) is 23.7. The van der Waals surface area contributed by atoms with E-state index in [1.165, 1.54) is 4.90 Å². The summed E-state index contributed by atoms with van der Waals surface area (Å²) in [6.07, 6.45) is 0.666. The number of aryl methyl sites for hydroxylation is 2. The van der Waals surface area contributed by atoms with Crippen LogP contribution in [0.2, 0.25) is 0 Å². The molecule has 0 bridgehead atoms. The lowest BCUT2D eigenvalue weighted by atomic mass is 9.76. The summed E-state index contributed by atoms with van der Waals surface area (Å²) in [5.41, 5.74) is 1.49. The average Bonchev–Trinajstić information content (AvgIpc) is 3.18. The van der Waals surface area contributed by atoms with Crippen molar-refractivity contribution in [2.45, 2.75) is 64.3 Å². The number of allylic oxidation sites excluding steroid dienone is 2. The number of rotatable bonds is 7. The Balaban J connectivity index is 1.72. The number of hydrogen-bond acceptors (Lipinski definition) is 2. The van der Waals surface area contributed by atoms with Gasteiger partial charge < -0.3 is 14.7 Å². The van der Waals surface area contributed by atoms with E-state index in [0.29, 0.717) is 43.5 Å². The van der Waals surface area contributed by atoms with E-state index in [0.717, 1.165) is 23.3 Å². The van der Waals surface area contributed by atoms with Crippen molar-refractivity contribution in [3.05, 3.63) is 95.6 Å². The van der Waals surface area contributed by atoms with Gasteiger partial charge in [0.2, 0.25) is 5.91 Å². The third-order valence-electron chi connectivity index (χ3n) is 8.61. The van der Waals surface area contributed by atoms with Gasteiger partial charge >= 0.3 is 12.2 Å². The predicted octanol–water partition coefficient (Wildman–Crippen LogP) is 7.23. The predicted molar refractivity (Wildman–Crippen MR) is 151 cm³/mol. The quantitative estimate of drug-likeness (QED) is 0.340. The Labute approximate surface area is 234 Å². The minimum Gasteiger partial charge on any atom is -0.335 e. The van der Waals surface area contributed by atoms with Crippen molar-refractivity contribution in [1.29, 1.82) is 0 Å². The monoisotopic (exact) mass is 553 g/mol. The van der Waals surface area contributed by atoms with Crippen molar-refractivity contribution in [2.75, 3.05) is 20.1 Å². The molecule has 3 atom stereocenters. The largest absolute Gasteiger partial charge is 0.416 e. The van der Waals surface area contributed by atoms with Crippen LogP contribution < -0.4 is 0 Å². The molecule has 0 unspecified atom stereocenters. The highest BCUT2D eigenvalue weighted by Crippen LogP contribution is 2.49. The number of amides is 3. The van der Waals surface area contributed by atoms with Crippen molar-refractivity contribution in [2.24, 2.45) is 5.41 Å². The van der Waals surface area contributed by atoms with E-state index in [9.17, 15) is 22.8 Å². The number of urea groups is 1. The molecule has 0 aromatic heterocycles. The third kappa shape index (κ3) is 5.28. The highest BCUT2D eigenvalue weighted by atomic mass is 19.4. The summed E-state index contributed by atoms with van der Waals surface area (Å²) in [5, 5.41) is 0. The van der Waals surface area contributed by atoms with Gasteiger partial charge in [-0.3, -0.25) is 4.79 Å². The van der Waals surface area contributed by atoms with E-state index in [1.807, 2.05) is 36.1 Å². The first-order chi connectivity index (χ1) is 18.8. The molecule has 2 aliphatic heterocycles. The van der Waals surface area contributed by atoms with E-state index in [4.69, 9.17) is 0 Å². The Hall–Kier alpha value is -3.55. The Morgan fingerprint density at radius 1 is 1.12 bits per heavy atom. The van der Waals surface area contributed by atoms with Crippen LogP contribution in [0.4, 0.5) is 18.0 Å². The van der Waals surface area contributed by atoms with Crippen LogP contribution in [0.5, 0.6) is 0 Å². The molecule has 0 saturated carbocycles. The van der Waals surface area contributed by atoms with Crippen molar-refractivity contribution in [3.8, 4) is 0 Å². The Kier molecular flexibility index (Phi) is 8.20. The molecule has 4 rings (SSSR count). The second-order valence-electron chi connectivity index (χ2n) is 11.2. The van der Waals surface area contributed by atoms with Crippen molar-refractivity contribution in [3.63, 3.8) is 0 Å². The first-order valence-corrected chi connectivity index (χ1v) is 13.6. The number of carbonyl (C=O) groups is 2. The van der Waals surface area contributed by atoms with E-state index in [2.05, 4.69) is 13.2 Å². The molecule has 2 aliphatic rings. The number of benzene rings is 2. The molecule has 8 heteroatoms. The lowest BCUT2D eigenvalue weighted by Crippen LogP contribution is -2.57. The van der Waals surface area contributed by atoms with Crippen molar-refractivity contribution in [1.82, 2.24) is 14.7 Å². The molecule has 0 aliphatic carbocycles. The van der Waals surface area contributed by atoms with Gasteiger partial charge in [-0.1, -0.05) is 48.0 Å². The summed E-state index contributed by atoms with van der Waals surface area (Å²) in [6.45, 7) is 13.8. The molecule has 5 nitrogen and oxygen atoms in total. The highest BCUT2D eigenvalue weighted by molar-refractivity contribution is 5.87. The molecule has 3 amide bonds. The van der Waals surface area contributed by atoms with Gasteiger partial charge in [-0.05, 0) is 68.9 Å². The number of halogens is 3. The normalized spacial score (nSPS) is 21.1. The molecule has 2 aromatic carbocycles. The van der Waals surface area contributed by atoms with E-state index in [1.54, 1.807) is 44.0 Å². The van der Waals surface area contributed by atoms with Gasteiger partial charge in [0.1, 0.15) is 0 Å². The van der Waals surface area contributed by atoms with Gasteiger partial charge in [-0.15, -0.1) is 13.2 Å². The van der Waals surface area contributed by atoms with Gasteiger partial charge in [-0.2, -0.15) is 13.2 Å². The first kappa shape index (κ1) is 29.4. The zero-order valence-electron chi connectivity index (χ0n) is 23.7. The Morgan fingerprint density at radius 3 is 2.38 bits per heavy atom. The molecule has 2 saturated heterocycles. The van der Waals surface area contributed by atoms with Crippen molar-refractivity contribution >= 4 is 11.9 Å². The number of carbonyl (C=O) groups excluding carboxylic acids is 2. The Bertz CT molecular complexity index is 1290. The lowest BCUT2D eigenvalue weighted by Gasteiger charge is -2.47. The molecule has 214 valence electrons. The molecule has 2 aromatic rings. The molecule has 0 N–H and O–H groups in total. The van der Waals surface area contributed by atoms with Crippen LogP contribution >= 0.6 is 0 Å². The number of piperazine rings is 1. The second kappa shape index (κ2) is 11.1. The Morgan fingerprint density at radius 2 is 1.77 bits per heavy atom. The van der Waals surface area contributed by atoms with Crippen LogP contribution in [0.3, 0.4) is 0 Å². The summed E-state index contributed by atoms with van der Waals surface area (Å²) in [6, 6.07) is 10.2. The number of fused-ring (bicyclic) bond motifs is 1. The van der Waals surface area contributed by atoms with Crippen LogP contribution in [0.1, 0.15) is 66.1 Å². The summed E-state index contributed by atoms with van der Waals surface area (Å²) in [5.74, 6) is 0.0594. The van der Waals surface area contributed by atoms with Gasteiger partial charge in [-0.25, -0.2) is 4.79 Å².